The first kappa shape index (κ1) is 11.8. The third-order valence-corrected chi connectivity index (χ3v) is 3.89. The average Bonchev–Trinajstić information content (AvgIpc) is 2.46. The number of nitrogens with zero attached hydrogens (tertiary/aromatic N) is 1. The smallest absolute Gasteiger partial charge is 0.410 e. The van der Waals surface area contributed by atoms with Gasteiger partial charge in [0.1, 0.15) is 5.75 Å². The van der Waals surface area contributed by atoms with E-state index in [2.05, 4.69) is 0 Å². The van der Waals surface area contributed by atoms with E-state index in [0.29, 0.717) is 5.75 Å². The first-order chi connectivity index (χ1) is 9.14. The highest BCUT2D eigenvalue weighted by atomic mass is 16.6. The number of ether oxygens (including phenoxy) is 1. The van der Waals surface area contributed by atoms with E-state index in [4.69, 9.17) is 4.74 Å². The highest BCUT2D eigenvalue weighted by Gasteiger charge is 2.43. The Balaban J connectivity index is 2.26. The normalized spacial score (nSPS) is 21.8. The van der Waals surface area contributed by atoms with E-state index in [0.717, 1.165) is 11.1 Å². The molecule has 0 fully saturated rings. The van der Waals surface area contributed by atoms with E-state index in [1.54, 1.807) is 11.9 Å². The summed E-state index contributed by atoms with van der Waals surface area (Å²) in [6, 6.07) is 17.7. The van der Waals surface area contributed by atoms with Crippen LogP contribution in [0.4, 0.5) is 4.79 Å². The van der Waals surface area contributed by atoms with Gasteiger partial charge >= 0.3 is 6.09 Å². The van der Waals surface area contributed by atoms with Gasteiger partial charge in [0.25, 0.3) is 0 Å². The van der Waals surface area contributed by atoms with Crippen molar-refractivity contribution in [3.05, 3.63) is 65.7 Å². The molecule has 1 atom stereocenters. The lowest BCUT2D eigenvalue weighted by molar-refractivity contribution is 0.107. The number of fused-ring (bicyclic) bond motifs is 1. The molecule has 3 nitrogen and oxygen atoms in total. The van der Waals surface area contributed by atoms with Gasteiger partial charge in [-0.15, -0.1) is 0 Å². The van der Waals surface area contributed by atoms with Gasteiger partial charge in [0.05, 0.1) is 5.54 Å². The lowest BCUT2D eigenvalue weighted by atomic mass is 9.82. The van der Waals surface area contributed by atoms with Gasteiger partial charge in [0.2, 0.25) is 0 Å². The summed E-state index contributed by atoms with van der Waals surface area (Å²) >= 11 is 0. The Morgan fingerprint density at radius 1 is 1.00 bits per heavy atom. The van der Waals surface area contributed by atoms with Gasteiger partial charge in [-0.05, 0) is 18.6 Å². The Morgan fingerprint density at radius 3 is 2.37 bits per heavy atom. The van der Waals surface area contributed by atoms with Crippen LogP contribution in [0.5, 0.6) is 5.75 Å². The molecule has 1 unspecified atom stereocenters. The Morgan fingerprint density at radius 2 is 1.63 bits per heavy atom. The molecule has 3 heteroatoms. The Bertz CT molecular complexity index is 624. The Labute approximate surface area is 112 Å². The van der Waals surface area contributed by atoms with Gasteiger partial charge in [0, 0.05) is 12.6 Å². The predicted molar refractivity (Wildman–Crippen MR) is 73.1 cm³/mol. The fraction of sp³-hybridized carbons (Fsp3) is 0.188. The predicted octanol–water partition coefficient (Wildman–Crippen LogP) is 3.39. The molecule has 0 aliphatic carbocycles. The van der Waals surface area contributed by atoms with Crippen molar-refractivity contribution in [2.45, 2.75) is 12.5 Å². The molecule has 0 bridgehead atoms. The maximum atomic E-state index is 12.0. The fourth-order valence-corrected chi connectivity index (χ4v) is 2.60. The third-order valence-electron chi connectivity index (χ3n) is 3.89. The summed E-state index contributed by atoms with van der Waals surface area (Å²) in [7, 11) is 1.77. The highest BCUT2D eigenvalue weighted by Crippen LogP contribution is 2.43. The van der Waals surface area contributed by atoms with Crippen LogP contribution in [0.2, 0.25) is 0 Å². The molecule has 0 saturated carbocycles. The number of amides is 1. The van der Waals surface area contributed by atoms with Crippen LogP contribution in [0, 0.1) is 0 Å². The number of benzene rings is 2. The minimum absolute atomic E-state index is 0.329. The Hall–Kier alpha value is -2.29. The van der Waals surface area contributed by atoms with Crippen LogP contribution in [0.25, 0.3) is 0 Å². The van der Waals surface area contributed by atoms with Crippen molar-refractivity contribution in [1.29, 1.82) is 0 Å². The van der Waals surface area contributed by atoms with Crippen molar-refractivity contribution in [3.8, 4) is 5.75 Å². The van der Waals surface area contributed by atoms with Gasteiger partial charge in [-0.1, -0.05) is 48.5 Å². The van der Waals surface area contributed by atoms with E-state index in [1.807, 2.05) is 61.5 Å². The highest BCUT2D eigenvalue weighted by molar-refractivity contribution is 5.76. The zero-order valence-corrected chi connectivity index (χ0v) is 11.0. The summed E-state index contributed by atoms with van der Waals surface area (Å²) in [5.41, 5.74) is 1.57. The molecule has 1 heterocycles. The summed E-state index contributed by atoms with van der Waals surface area (Å²) in [5.74, 6) is 0.636. The van der Waals surface area contributed by atoms with Crippen molar-refractivity contribution in [3.63, 3.8) is 0 Å². The molecular weight excluding hydrogens is 238 g/mol. The lowest BCUT2D eigenvalue weighted by Crippen LogP contribution is -2.50. The molecule has 19 heavy (non-hydrogen) atoms. The molecule has 3 rings (SSSR count). The maximum Gasteiger partial charge on any atom is 0.415 e. The van der Waals surface area contributed by atoms with Gasteiger partial charge < -0.3 is 4.74 Å². The number of para-hydroxylation sites is 1. The van der Waals surface area contributed by atoms with Crippen LogP contribution in [0.1, 0.15) is 18.1 Å². The van der Waals surface area contributed by atoms with Gasteiger partial charge in [-0.25, -0.2) is 4.79 Å². The summed E-state index contributed by atoms with van der Waals surface area (Å²) < 4.78 is 5.35. The van der Waals surface area contributed by atoms with Gasteiger partial charge in [-0.2, -0.15) is 0 Å². The van der Waals surface area contributed by atoms with Crippen molar-refractivity contribution in [1.82, 2.24) is 4.90 Å². The quantitative estimate of drug-likeness (QED) is 0.779. The number of hydrogen-bond donors (Lipinski definition) is 0. The van der Waals surface area contributed by atoms with Gasteiger partial charge in [0.15, 0.2) is 0 Å². The number of rotatable bonds is 1. The van der Waals surface area contributed by atoms with Crippen LogP contribution >= 0.6 is 0 Å². The van der Waals surface area contributed by atoms with E-state index >= 15 is 0 Å². The third kappa shape index (κ3) is 1.62. The summed E-state index contributed by atoms with van der Waals surface area (Å²) in [6.07, 6.45) is -0.329. The van der Waals surface area contributed by atoms with E-state index in [1.165, 1.54) is 0 Å². The first-order valence-electron chi connectivity index (χ1n) is 6.24. The minimum Gasteiger partial charge on any atom is -0.410 e. The zero-order valence-electron chi connectivity index (χ0n) is 11.0. The van der Waals surface area contributed by atoms with Gasteiger partial charge in [-0.3, -0.25) is 4.90 Å². The number of carbonyl (C=O) groups excluding carboxylic acids is 1. The standard InChI is InChI=1S/C16H15NO2/c1-16(12-8-4-3-5-9-12)13-10-6-7-11-14(13)19-15(18)17(16)2/h3-11H,1-2H3. The molecule has 1 aliphatic heterocycles. The van der Waals surface area contributed by atoms with Crippen LogP contribution in [-0.4, -0.2) is 18.0 Å². The molecule has 0 N–H and O–H groups in total. The molecular formula is C16H15NO2. The zero-order chi connectivity index (χ0) is 13.5. The van der Waals surface area contributed by atoms with Crippen molar-refractivity contribution in [2.75, 3.05) is 7.05 Å². The molecule has 2 aromatic carbocycles. The molecule has 96 valence electrons. The van der Waals surface area contributed by atoms with Crippen LogP contribution in [0.15, 0.2) is 54.6 Å². The monoisotopic (exact) mass is 253 g/mol. The molecule has 0 radical (unpaired) electrons. The van der Waals surface area contributed by atoms with Crippen LogP contribution < -0.4 is 4.74 Å². The van der Waals surface area contributed by atoms with Crippen LogP contribution in [-0.2, 0) is 5.54 Å². The van der Waals surface area contributed by atoms with Crippen molar-refractivity contribution < 1.29 is 9.53 Å². The maximum absolute atomic E-state index is 12.0. The van der Waals surface area contributed by atoms with E-state index in [-0.39, 0.29) is 6.09 Å². The topological polar surface area (TPSA) is 29.5 Å². The molecule has 0 aromatic heterocycles. The lowest BCUT2D eigenvalue weighted by Gasteiger charge is -2.43. The Kier molecular flexibility index (Phi) is 2.56. The average molecular weight is 253 g/mol. The fourth-order valence-electron chi connectivity index (χ4n) is 2.60. The molecule has 0 saturated heterocycles. The van der Waals surface area contributed by atoms with Crippen LogP contribution in [0.3, 0.4) is 0 Å². The summed E-state index contributed by atoms with van der Waals surface area (Å²) in [6.45, 7) is 2.04. The summed E-state index contributed by atoms with van der Waals surface area (Å²) in [4.78, 5) is 13.7. The molecule has 1 aliphatic rings. The van der Waals surface area contributed by atoms with Crippen molar-refractivity contribution in [2.24, 2.45) is 0 Å². The number of carbonyl (C=O) groups is 1. The first-order valence-corrected chi connectivity index (χ1v) is 6.24. The second-order valence-electron chi connectivity index (χ2n) is 4.86. The number of hydrogen-bond acceptors (Lipinski definition) is 2. The largest absolute Gasteiger partial charge is 0.415 e. The molecule has 2 aromatic rings. The van der Waals surface area contributed by atoms with E-state index in [9.17, 15) is 4.79 Å². The summed E-state index contributed by atoms with van der Waals surface area (Å²) in [5, 5.41) is 0. The molecule has 0 spiro atoms. The van der Waals surface area contributed by atoms with Crippen molar-refractivity contribution >= 4 is 6.09 Å². The second-order valence-corrected chi connectivity index (χ2v) is 4.86. The molecule has 1 amide bonds. The minimum atomic E-state index is -0.507. The second kappa shape index (κ2) is 4.12. The van der Waals surface area contributed by atoms with E-state index < -0.39 is 5.54 Å². The SMILES string of the molecule is CN1C(=O)Oc2ccccc2C1(C)c1ccccc1.